The maximum absolute atomic E-state index is 14.9. The number of nitrogens with one attached hydrogen (secondary N) is 1. The van der Waals surface area contributed by atoms with Gasteiger partial charge in [-0.2, -0.15) is 13.2 Å². The number of ether oxygens (including phenoxy) is 2. The van der Waals surface area contributed by atoms with Crippen LogP contribution in [0.1, 0.15) is 54.6 Å². The number of methoxy groups -OCH3 is 1. The zero-order valence-corrected chi connectivity index (χ0v) is 29.2. The second-order valence-corrected chi connectivity index (χ2v) is 11.2. The molecular formula is C38H41F5N4O4. The molecule has 0 aliphatic carbocycles. The Bertz CT molecular complexity index is 1920. The van der Waals surface area contributed by atoms with Gasteiger partial charge >= 0.3 is 6.18 Å². The predicted octanol–water partition coefficient (Wildman–Crippen LogP) is 8.71. The van der Waals surface area contributed by atoms with Crippen molar-refractivity contribution in [3.8, 4) is 22.8 Å². The van der Waals surface area contributed by atoms with Crippen LogP contribution in [0.4, 0.5) is 27.6 Å². The van der Waals surface area contributed by atoms with E-state index in [4.69, 9.17) is 19.3 Å². The van der Waals surface area contributed by atoms with Crippen LogP contribution in [0.2, 0.25) is 0 Å². The van der Waals surface area contributed by atoms with Gasteiger partial charge in [0.05, 0.1) is 31.7 Å². The summed E-state index contributed by atoms with van der Waals surface area (Å²) in [7, 11) is 1.47. The number of fused-ring (bicyclic) bond motifs is 1. The summed E-state index contributed by atoms with van der Waals surface area (Å²) in [5, 5.41) is 14.4. The number of pyridine rings is 2. The molecule has 8 nitrogen and oxygen atoms in total. The van der Waals surface area contributed by atoms with Gasteiger partial charge in [-0.05, 0) is 67.8 Å². The van der Waals surface area contributed by atoms with Gasteiger partial charge < -0.3 is 14.6 Å². The van der Waals surface area contributed by atoms with Crippen LogP contribution in [-0.4, -0.2) is 48.8 Å². The number of hydrogen-bond donors (Lipinski definition) is 2. The molecule has 2 aromatic heterocycles. The summed E-state index contributed by atoms with van der Waals surface area (Å²) in [6, 6.07) is 18.3. The lowest BCUT2D eigenvalue weighted by atomic mass is 9.93. The third-order valence-corrected chi connectivity index (χ3v) is 7.75. The van der Waals surface area contributed by atoms with Gasteiger partial charge in [-0.1, -0.05) is 44.2 Å². The number of rotatable bonds is 10. The summed E-state index contributed by atoms with van der Waals surface area (Å²) in [5.41, 5.74) is 3.49. The van der Waals surface area contributed by atoms with E-state index >= 15 is 0 Å². The molecule has 0 radical (unpaired) electrons. The number of hydroxylamine groups is 1. The molecule has 3 aromatic carbocycles. The standard InChI is InChI=1S/C24H25F2N3O3.C12H10F3NO.C2H6/c1-3-31-24-22(29-14-32-29)11-21(18(12-27-13-30)16-7-5-4-6-8-16)28-23(24)17-9-15(2)19(25)10-20(17)26;1-7-3-8-5-9(12(13,14)15)6-16-11(8)10(4-7)17-2;1-2/h4-11,18,27,30H,3,12-14H2,1-2H3;3-6H,1-2H3;1-2H3. The highest BCUT2D eigenvalue weighted by atomic mass is 19.4. The van der Waals surface area contributed by atoms with Crippen molar-refractivity contribution in [2.45, 2.75) is 46.7 Å². The molecule has 0 saturated carbocycles. The van der Waals surface area contributed by atoms with Crippen molar-refractivity contribution < 1.29 is 41.4 Å². The topological polar surface area (TPSA) is 92.0 Å². The quantitative estimate of drug-likeness (QED) is 0.0845. The van der Waals surface area contributed by atoms with E-state index in [0.29, 0.717) is 59.2 Å². The first-order valence-electron chi connectivity index (χ1n) is 16.4. The summed E-state index contributed by atoms with van der Waals surface area (Å²) in [6.45, 7) is 10.1. The van der Waals surface area contributed by atoms with E-state index in [-0.39, 0.29) is 23.9 Å². The molecule has 0 spiro atoms. The van der Waals surface area contributed by atoms with E-state index < -0.39 is 23.4 Å². The van der Waals surface area contributed by atoms with E-state index in [1.807, 2.05) is 57.2 Å². The molecule has 2 N–H and O–H groups in total. The van der Waals surface area contributed by atoms with Crippen molar-refractivity contribution in [1.82, 2.24) is 15.3 Å². The van der Waals surface area contributed by atoms with Crippen molar-refractivity contribution in [3.05, 3.63) is 113 Å². The summed E-state index contributed by atoms with van der Waals surface area (Å²) in [6.07, 6.45) is -3.56. The summed E-state index contributed by atoms with van der Waals surface area (Å²) in [4.78, 5) is 14.0. The normalized spacial score (nSPS) is 12.7. The van der Waals surface area contributed by atoms with Gasteiger partial charge in [0.1, 0.15) is 34.3 Å². The Morgan fingerprint density at radius 2 is 1.71 bits per heavy atom. The van der Waals surface area contributed by atoms with Crippen molar-refractivity contribution in [2.24, 2.45) is 0 Å². The highest BCUT2D eigenvalue weighted by molar-refractivity contribution is 5.85. The minimum atomic E-state index is -4.38. The van der Waals surface area contributed by atoms with E-state index in [1.54, 1.807) is 31.0 Å². The molecular weight excluding hydrogens is 671 g/mol. The van der Waals surface area contributed by atoms with E-state index in [1.165, 1.54) is 13.2 Å². The first kappa shape index (κ1) is 38.9. The highest BCUT2D eigenvalue weighted by Crippen LogP contribution is 2.44. The van der Waals surface area contributed by atoms with Crippen molar-refractivity contribution in [3.63, 3.8) is 0 Å². The number of alkyl halides is 3. The molecule has 1 atom stereocenters. The van der Waals surface area contributed by atoms with Crippen LogP contribution in [0.25, 0.3) is 22.2 Å². The van der Waals surface area contributed by atoms with Crippen LogP contribution in [-0.2, 0) is 11.0 Å². The SMILES string of the molecule is CC.CCOc1c(N2CO2)cc(C(CNCO)c2ccccc2)nc1-c1cc(C)c(F)cc1F.COc1cc(C)cc2cc(C(F)(F)F)cnc12. The molecule has 1 fully saturated rings. The van der Waals surface area contributed by atoms with Crippen molar-refractivity contribution in [1.29, 1.82) is 0 Å². The fourth-order valence-corrected chi connectivity index (χ4v) is 5.34. The number of anilines is 1. The fraction of sp³-hybridized carbons (Fsp3) is 0.316. The first-order valence-corrected chi connectivity index (χ1v) is 16.4. The fourth-order valence-electron chi connectivity index (χ4n) is 5.34. The number of halogens is 5. The molecule has 6 rings (SSSR count). The first-order chi connectivity index (χ1) is 24.4. The van der Waals surface area contributed by atoms with Crippen LogP contribution >= 0.6 is 0 Å². The number of aryl methyl sites for hydroxylation is 2. The molecule has 1 unspecified atom stereocenters. The smallest absolute Gasteiger partial charge is 0.417 e. The van der Waals surface area contributed by atoms with Crippen molar-refractivity contribution >= 4 is 16.6 Å². The number of aromatic nitrogens is 2. The third-order valence-electron chi connectivity index (χ3n) is 7.75. The van der Waals surface area contributed by atoms with Crippen LogP contribution < -0.4 is 19.9 Å². The van der Waals surface area contributed by atoms with E-state index in [9.17, 15) is 27.1 Å². The maximum atomic E-state index is 14.9. The van der Waals surface area contributed by atoms with E-state index in [0.717, 1.165) is 29.5 Å². The van der Waals surface area contributed by atoms with Crippen LogP contribution in [0.3, 0.4) is 0 Å². The largest absolute Gasteiger partial charge is 0.494 e. The number of aliphatic hydroxyl groups is 1. The lowest BCUT2D eigenvalue weighted by Crippen LogP contribution is -2.24. The molecule has 1 aliphatic rings. The minimum Gasteiger partial charge on any atom is -0.494 e. The molecule has 3 heterocycles. The maximum Gasteiger partial charge on any atom is 0.417 e. The Kier molecular flexibility index (Phi) is 13.3. The van der Waals surface area contributed by atoms with Gasteiger partial charge in [-0.15, -0.1) is 0 Å². The van der Waals surface area contributed by atoms with Crippen LogP contribution in [0, 0.1) is 25.5 Å². The molecule has 1 aliphatic heterocycles. The predicted molar refractivity (Wildman–Crippen MR) is 187 cm³/mol. The highest BCUT2D eigenvalue weighted by Gasteiger charge is 2.32. The average molecular weight is 713 g/mol. The lowest BCUT2D eigenvalue weighted by Gasteiger charge is -2.22. The second kappa shape index (κ2) is 17.4. The van der Waals surface area contributed by atoms with Gasteiger partial charge in [0, 0.05) is 35.7 Å². The lowest BCUT2D eigenvalue weighted by molar-refractivity contribution is -0.137. The third kappa shape index (κ3) is 9.48. The number of benzene rings is 3. The second-order valence-electron chi connectivity index (χ2n) is 11.2. The number of nitrogens with zero attached hydrogens (tertiary/aromatic N) is 3. The minimum absolute atomic E-state index is 0.152. The Balaban J connectivity index is 0.000000258. The van der Waals surface area contributed by atoms with E-state index in [2.05, 4.69) is 10.3 Å². The molecule has 1 saturated heterocycles. The molecule has 0 bridgehead atoms. The Morgan fingerprint density at radius 3 is 2.31 bits per heavy atom. The number of aliphatic hydroxyl groups excluding tert-OH is 1. The molecule has 5 aromatic rings. The van der Waals surface area contributed by atoms with Gasteiger partial charge in [0.25, 0.3) is 0 Å². The van der Waals surface area contributed by atoms with Gasteiger partial charge in [0.15, 0.2) is 12.5 Å². The zero-order valence-electron chi connectivity index (χ0n) is 29.2. The summed E-state index contributed by atoms with van der Waals surface area (Å²) >= 11 is 0. The van der Waals surface area contributed by atoms with Gasteiger partial charge in [-0.25, -0.2) is 23.7 Å². The van der Waals surface area contributed by atoms with Crippen LogP contribution in [0.15, 0.2) is 72.9 Å². The Hall–Kier alpha value is -4.85. The Morgan fingerprint density at radius 1 is 1.00 bits per heavy atom. The average Bonchev–Trinajstić information content (AvgIpc) is 3.97. The Labute approximate surface area is 293 Å². The summed E-state index contributed by atoms with van der Waals surface area (Å²) < 4.78 is 77.4. The van der Waals surface area contributed by atoms with Crippen molar-refractivity contribution in [2.75, 3.05) is 38.8 Å². The zero-order chi connectivity index (χ0) is 37.3. The molecule has 51 heavy (non-hydrogen) atoms. The van der Waals surface area contributed by atoms with Crippen LogP contribution in [0.5, 0.6) is 11.5 Å². The summed E-state index contributed by atoms with van der Waals surface area (Å²) in [5.74, 6) is -0.722. The van der Waals surface area contributed by atoms with Gasteiger partial charge in [-0.3, -0.25) is 10.3 Å². The molecule has 0 amide bonds. The number of hydrogen-bond acceptors (Lipinski definition) is 8. The molecule has 13 heteroatoms. The van der Waals surface area contributed by atoms with Gasteiger partial charge in [0.2, 0.25) is 0 Å². The monoisotopic (exact) mass is 712 g/mol. The molecule has 272 valence electrons.